The molecule has 25 heavy (non-hydrogen) atoms. The van der Waals surface area contributed by atoms with Crippen molar-refractivity contribution in [2.75, 3.05) is 39.3 Å². The summed E-state index contributed by atoms with van der Waals surface area (Å²) in [5, 5.41) is 2.84. The third-order valence-corrected chi connectivity index (χ3v) is 4.66. The van der Waals surface area contributed by atoms with E-state index in [0.29, 0.717) is 45.9 Å². The highest BCUT2D eigenvalue weighted by atomic mass is 19.1. The number of nitrogens with one attached hydrogen (secondary N) is 1. The number of carbonyl (C=O) groups excluding carboxylic acids is 2. The van der Waals surface area contributed by atoms with Gasteiger partial charge in [-0.05, 0) is 30.5 Å². The van der Waals surface area contributed by atoms with Gasteiger partial charge in [-0.1, -0.05) is 12.1 Å². The lowest BCUT2D eigenvalue weighted by Gasteiger charge is -2.35. The van der Waals surface area contributed by atoms with Gasteiger partial charge in [0.25, 0.3) is 5.91 Å². The predicted molar refractivity (Wildman–Crippen MR) is 90.2 cm³/mol. The highest BCUT2D eigenvalue weighted by Gasteiger charge is 2.30. The van der Waals surface area contributed by atoms with Crippen molar-refractivity contribution in [2.24, 2.45) is 0 Å². The SMILES string of the molecule is O=C(CN1CCN(C(=O)C2CCCO2)CC1)NCc1ccc(F)cc1. The lowest BCUT2D eigenvalue weighted by molar-refractivity contribution is -0.142. The van der Waals surface area contributed by atoms with Crippen LogP contribution in [0.5, 0.6) is 0 Å². The maximum absolute atomic E-state index is 12.9. The number of carbonyl (C=O) groups is 2. The molecule has 0 bridgehead atoms. The van der Waals surface area contributed by atoms with Gasteiger partial charge in [0.1, 0.15) is 11.9 Å². The molecule has 6 nitrogen and oxygen atoms in total. The van der Waals surface area contributed by atoms with Gasteiger partial charge in [-0.25, -0.2) is 4.39 Å². The molecule has 0 aromatic heterocycles. The molecule has 1 N–H and O–H groups in total. The Bertz CT molecular complexity index is 594. The minimum absolute atomic E-state index is 0.0665. The van der Waals surface area contributed by atoms with Gasteiger partial charge >= 0.3 is 0 Å². The highest BCUT2D eigenvalue weighted by Crippen LogP contribution is 2.15. The molecule has 0 saturated carbocycles. The van der Waals surface area contributed by atoms with Gasteiger partial charge in [0.05, 0.1) is 6.54 Å². The number of halogens is 1. The number of nitrogens with zero attached hydrogens (tertiary/aromatic N) is 2. The molecule has 1 atom stereocenters. The molecular formula is C18H24FN3O3. The number of amides is 2. The van der Waals surface area contributed by atoms with Crippen molar-refractivity contribution in [3.63, 3.8) is 0 Å². The standard InChI is InChI=1S/C18H24FN3O3/c19-15-5-3-14(4-6-15)12-20-17(23)13-21-7-9-22(10-8-21)18(24)16-2-1-11-25-16/h3-6,16H,1-2,7-13H2,(H,20,23). The lowest BCUT2D eigenvalue weighted by Crippen LogP contribution is -2.53. The number of hydrogen-bond acceptors (Lipinski definition) is 4. The Balaban J connectivity index is 1.37. The van der Waals surface area contributed by atoms with E-state index in [1.807, 2.05) is 9.80 Å². The van der Waals surface area contributed by atoms with E-state index in [9.17, 15) is 14.0 Å². The highest BCUT2D eigenvalue weighted by molar-refractivity contribution is 5.81. The first kappa shape index (κ1) is 17.8. The first-order valence-corrected chi connectivity index (χ1v) is 8.76. The minimum Gasteiger partial charge on any atom is -0.368 e. The van der Waals surface area contributed by atoms with Crippen LogP contribution in [0.3, 0.4) is 0 Å². The third-order valence-electron chi connectivity index (χ3n) is 4.66. The zero-order valence-electron chi connectivity index (χ0n) is 14.2. The molecule has 2 aliphatic heterocycles. The molecule has 0 radical (unpaired) electrons. The Hall–Kier alpha value is -1.99. The van der Waals surface area contributed by atoms with Crippen LogP contribution in [0.15, 0.2) is 24.3 Å². The average Bonchev–Trinajstić information content (AvgIpc) is 3.16. The fourth-order valence-corrected chi connectivity index (χ4v) is 3.16. The Morgan fingerprint density at radius 3 is 2.52 bits per heavy atom. The van der Waals surface area contributed by atoms with Crippen LogP contribution in [0.2, 0.25) is 0 Å². The number of benzene rings is 1. The second kappa shape index (κ2) is 8.40. The van der Waals surface area contributed by atoms with Gasteiger partial charge in [0.2, 0.25) is 5.91 Å². The van der Waals surface area contributed by atoms with Crippen molar-refractivity contribution < 1.29 is 18.7 Å². The molecule has 2 heterocycles. The summed E-state index contributed by atoms with van der Waals surface area (Å²) >= 11 is 0. The monoisotopic (exact) mass is 349 g/mol. The summed E-state index contributed by atoms with van der Waals surface area (Å²) in [4.78, 5) is 28.2. The van der Waals surface area contributed by atoms with Crippen LogP contribution < -0.4 is 5.32 Å². The van der Waals surface area contributed by atoms with Crippen LogP contribution in [-0.2, 0) is 20.9 Å². The van der Waals surface area contributed by atoms with E-state index < -0.39 is 0 Å². The molecule has 2 saturated heterocycles. The number of rotatable bonds is 5. The smallest absolute Gasteiger partial charge is 0.251 e. The second-order valence-corrected chi connectivity index (χ2v) is 6.51. The van der Waals surface area contributed by atoms with E-state index in [1.54, 1.807) is 12.1 Å². The minimum atomic E-state index is -0.287. The van der Waals surface area contributed by atoms with Crippen LogP contribution >= 0.6 is 0 Å². The third kappa shape index (κ3) is 4.99. The molecule has 3 rings (SSSR count). The molecule has 7 heteroatoms. The van der Waals surface area contributed by atoms with Gasteiger partial charge < -0.3 is 15.0 Å². The summed E-state index contributed by atoms with van der Waals surface area (Å²) in [5.41, 5.74) is 0.863. The summed E-state index contributed by atoms with van der Waals surface area (Å²) in [6.45, 7) is 3.99. The molecule has 2 aliphatic rings. The summed E-state index contributed by atoms with van der Waals surface area (Å²) in [6, 6.07) is 6.08. The van der Waals surface area contributed by atoms with Crippen molar-refractivity contribution in [1.29, 1.82) is 0 Å². The predicted octanol–water partition coefficient (Wildman–Crippen LogP) is 0.765. The number of ether oxygens (including phenoxy) is 1. The van der Waals surface area contributed by atoms with E-state index in [1.165, 1.54) is 12.1 Å². The molecule has 136 valence electrons. The molecular weight excluding hydrogens is 325 g/mol. The Morgan fingerprint density at radius 1 is 1.16 bits per heavy atom. The van der Waals surface area contributed by atoms with Gasteiger partial charge in [-0.3, -0.25) is 14.5 Å². The maximum atomic E-state index is 12.9. The quantitative estimate of drug-likeness (QED) is 0.853. The lowest BCUT2D eigenvalue weighted by atomic mass is 10.2. The largest absolute Gasteiger partial charge is 0.368 e. The van der Waals surface area contributed by atoms with Crippen LogP contribution in [0.25, 0.3) is 0 Å². The zero-order chi connectivity index (χ0) is 17.6. The van der Waals surface area contributed by atoms with Gasteiger partial charge in [-0.2, -0.15) is 0 Å². The first-order valence-electron chi connectivity index (χ1n) is 8.76. The van der Waals surface area contributed by atoms with E-state index in [0.717, 1.165) is 18.4 Å². The fourth-order valence-electron chi connectivity index (χ4n) is 3.16. The molecule has 1 unspecified atom stereocenters. The molecule has 0 spiro atoms. The van der Waals surface area contributed by atoms with Gasteiger partial charge in [0.15, 0.2) is 0 Å². The molecule has 2 fully saturated rings. The summed E-state index contributed by atoms with van der Waals surface area (Å²) in [7, 11) is 0. The summed E-state index contributed by atoms with van der Waals surface area (Å²) < 4.78 is 18.3. The summed E-state index contributed by atoms with van der Waals surface area (Å²) in [5.74, 6) is -0.272. The van der Waals surface area contributed by atoms with E-state index in [4.69, 9.17) is 4.74 Å². The van der Waals surface area contributed by atoms with Crippen LogP contribution in [0.1, 0.15) is 18.4 Å². The van der Waals surface area contributed by atoms with Gasteiger partial charge in [0, 0.05) is 39.3 Å². The van der Waals surface area contributed by atoms with Crippen molar-refractivity contribution in [3.8, 4) is 0 Å². The van der Waals surface area contributed by atoms with E-state index >= 15 is 0 Å². The Morgan fingerprint density at radius 2 is 1.88 bits per heavy atom. The second-order valence-electron chi connectivity index (χ2n) is 6.51. The molecule has 1 aromatic rings. The van der Waals surface area contributed by atoms with Crippen molar-refractivity contribution in [3.05, 3.63) is 35.6 Å². The molecule has 2 amide bonds. The molecule has 1 aromatic carbocycles. The van der Waals surface area contributed by atoms with Crippen LogP contribution in [0.4, 0.5) is 4.39 Å². The Kier molecular flexibility index (Phi) is 5.99. The average molecular weight is 349 g/mol. The summed E-state index contributed by atoms with van der Waals surface area (Å²) in [6.07, 6.45) is 1.49. The topological polar surface area (TPSA) is 61.9 Å². The molecule has 0 aliphatic carbocycles. The van der Waals surface area contributed by atoms with E-state index in [-0.39, 0.29) is 23.7 Å². The van der Waals surface area contributed by atoms with Crippen molar-refractivity contribution in [2.45, 2.75) is 25.5 Å². The van der Waals surface area contributed by atoms with Crippen molar-refractivity contribution in [1.82, 2.24) is 15.1 Å². The van der Waals surface area contributed by atoms with Crippen LogP contribution in [-0.4, -0.2) is 67.0 Å². The van der Waals surface area contributed by atoms with Crippen LogP contribution in [0, 0.1) is 5.82 Å². The number of piperazine rings is 1. The fraction of sp³-hybridized carbons (Fsp3) is 0.556. The normalized spacial score (nSPS) is 21.3. The maximum Gasteiger partial charge on any atom is 0.251 e. The van der Waals surface area contributed by atoms with E-state index in [2.05, 4.69) is 5.32 Å². The van der Waals surface area contributed by atoms with Crippen molar-refractivity contribution >= 4 is 11.8 Å². The number of hydrogen-bond donors (Lipinski definition) is 1. The zero-order valence-corrected chi connectivity index (χ0v) is 14.2. The first-order chi connectivity index (χ1) is 12.1. The Labute approximate surface area is 146 Å². The van der Waals surface area contributed by atoms with Gasteiger partial charge in [-0.15, -0.1) is 0 Å².